The molecule has 7 heteroatoms. The zero-order valence-electron chi connectivity index (χ0n) is 17.7. The van der Waals surface area contributed by atoms with Crippen LogP contribution in [0.1, 0.15) is 23.7 Å². The number of thiol groups is 1. The van der Waals surface area contributed by atoms with Crippen LogP contribution in [0.15, 0.2) is 48.5 Å². The summed E-state index contributed by atoms with van der Waals surface area (Å²) in [5, 5.41) is 6.26. The van der Waals surface area contributed by atoms with Crippen molar-refractivity contribution in [2.24, 2.45) is 5.92 Å². The first kappa shape index (κ1) is 24.2. The fraction of sp³-hybridized carbons (Fsp3) is 0.391. The van der Waals surface area contributed by atoms with Gasteiger partial charge in [-0.3, -0.25) is 4.79 Å². The average molecular weight is 447 g/mol. The first-order chi connectivity index (χ1) is 14.5. The minimum Gasteiger partial charge on any atom is -0.467 e. The summed E-state index contributed by atoms with van der Waals surface area (Å²) in [7, 11) is 1.34. The molecule has 2 rings (SSSR count). The number of rotatable bonds is 11. The molecular weight excluding hydrogens is 416 g/mol. The van der Waals surface area contributed by atoms with Crippen LogP contribution in [0, 0.1) is 5.92 Å². The third-order valence-electron chi connectivity index (χ3n) is 4.72. The molecule has 0 heterocycles. The van der Waals surface area contributed by atoms with Crippen LogP contribution in [-0.4, -0.2) is 49.3 Å². The number of nitrogens with one attached hydrogen (secondary N) is 2. The number of hydrogen-bond donors (Lipinski definition) is 3. The molecule has 1 amide bonds. The molecule has 0 radical (unpaired) electrons. The number of amides is 1. The lowest BCUT2D eigenvalue weighted by Gasteiger charge is -2.19. The molecule has 0 aliphatic carbocycles. The summed E-state index contributed by atoms with van der Waals surface area (Å²) >= 11 is 5.95. The lowest BCUT2D eigenvalue weighted by Crippen LogP contribution is -2.42. The summed E-state index contributed by atoms with van der Waals surface area (Å²) in [6.45, 7) is 2.92. The van der Waals surface area contributed by atoms with Gasteiger partial charge in [-0.2, -0.15) is 24.4 Å². The van der Waals surface area contributed by atoms with Gasteiger partial charge in [-0.05, 0) is 59.4 Å². The second-order valence-corrected chi connectivity index (χ2v) is 8.48. The zero-order valence-corrected chi connectivity index (χ0v) is 19.4. The van der Waals surface area contributed by atoms with Crippen molar-refractivity contribution in [2.45, 2.75) is 19.4 Å². The Labute approximate surface area is 188 Å². The van der Waals surface area contributed by atoms with Crippen LogP contribution in [0.3, 0.4) is 0 Å². The minimum atomic E-state index is -0.674. The normalized spacial score (nSPS) is 12.7. The largest absolute Gasteiger partial charge is 0.467 e. The van der Waals surface area contributed by atoms with E-state index in [1.807, 2.05) is 48.7 Å². The Balaban J connectivity index is 2.32. The van der Waals surface area contributed by atoms with Gasteiger partial charge >= 0.3 is 5.97 Å². The fourth-order valence-corrected chi connectivity index (χ4v) is 3.53. The quantitative estimate of drug-likeness (QED) is 0.354. The molecule has 0 bridgehead atoms. The number of thioether (sulfide) groups is 1. The van der Waals surface area contributed by atoms with E-state index in [0.29, 0.717) is 17.9 Å². The second kappa shape index (κ2) is 12.5. The van der Waals surface area contributed by atoms with Crippen molar-refractivity contribution < 1.29 is 14.3 Å². The standard InChI is InChI=1S/C23H30N2O3S2/c1-16(15-29)14-24-18-9-10-19(20(13-18)17-7-5-4-6-8-17)22(26)25-21(11-12-30-3)23(27)28-2/h4-10,13,16,21,24,29H,11-12,14-15H2,1-3H3,(H,25,26)/t16-,21+/m1/s1. The van der Waals surface area contributed by atoms with Crippen LogP contribution >= 0.6 is 24.4 Å². The topological polar surface area (TPSA) is 67.4 Å². The van der Waals surface area contributed by atoms with Gasteiger partial charge in [0.05, 0.1) is 7.11 Å². The number of anilines is 1. The number of ether oxygens (including phenoxy) is 1. The fourth-order valence-electron chi connectivity index (χ4n) is 2.93. The molecule has 30 heavy (non-hydrogen) atoms. The summed E-state index contributed by atoms with van der Waals surface area (Å²) in [5.74, 6) is 1.24. The maximum absolute atomic E-state index is 13.1. The Morgan fingerprint density at radius 3 is 2.53 bits per heavy atom. The number of benzene rings is 2. The molecule has 2 aromatic rings. The summed E-state index contributed by atoms with van der Waals surface area (Å²) < 4.78 is 4.87. The lowest BCUT2D eigenvalue weighted by atomic mass is 9.98. The highest BCUT2D eigenvalue weighted by atomic mass is 32.2. The molecule has 0 aromatic heterocycles. The van der Waals surface area contributed by atoms with Crippen LogP contribution in [0.5, 0.6) is 0 Å². The van der Waals surface area contributed by atoms with Gasteiger partial charge in [-0.15, -0.1) is 0 Å². The Kier molecular flexibility index (Phi) is 10.1. The van der Waals surface area contributed by atoms with Crippen molar-refractivity contribution in [3.63, 3.8) is 0 Å². The van der Waals surface area contributed by atoms with Crippen molar-refractivity contribution in [3.05, 3.63) is 54.1 Å². The first-order valence-corrected chi connectivity index (χ1v) is 11.9. The molecule has 0 saturated carbocycles. The smallest absolute Gasteiger partial charge is 0.328 e. The summed E-state index contributed by atoms with van der Waals surface area (Å²) in [4.78, 5) is 25.2. The minimum absolute atomic E-state index is 0.291. The van der Waals surface area contributed by atoms with Gasteiger partial charge in [0, 0.05) is 17.8 Å². The number of hydrogen-bond acceptors (Lipinski definition) is 6. The van der Waals surface area contributed by atoms with E-state index in [1.165, 1.54) is 7.11 Å². The van der Waals surface area contributed by atoms with Crippen molar-refractivity contribution in [2.75, 3.05) is 36.7 Å². The number of carbonyl (C=O) groups is 2. The third kappa shape index (κ3) is 6.99. The van der Waals surface area contributed by atoms with Gasteiger partial charge in [-0.25, -0.2) is 4.79 Å². The molecule has 0 saturated heterocycles. The molecule has 162 valence electrons. The van der Waals surface area contributed by atoms with Crippen LogP contribution in [-0.2, 0) is 9.53 Å². The number of esters is 1. The Morgan fingerprint density at radius 2 is 1.90 bits per heavy atom. The predicted octanol–water partition coefficient (Wildman–Crippen LogP) is 4.36. The first-order valence-electron chi connectivity index (χ1n) is 9.92. The molecule has 0 aliphatic heterocycles. The van der Waals surface area contributed by atoms with Gasteiger partial charge in [-0.1, -0.05) is 37.3 Å². The SMILES string of the molecule is COC(=O)[C@H](CCSC)NC(=O)c1ccc(NC[C@@H](C)CS)cc1-c1ccccc1. The highest BCUT2D eigenvalue weighted by Gasteiger charge is 2.23. The van der Waals surface area contributed by atoms with E-state index in [2.05, 4.69) is 30.2 Å². The molecule has 2 aromatic carbocycles. The summed E-state index contributed by atoms with van der Waals surface area (Å²) in [6, 6.07) is 14.8. The Morgan fingerprint density at radius 1 is 1.17 bits per heavy atom. The van der Waals surface area contributed by atoms with Gasteiger partial charge in [0.15, 0.2) is 0 Å². The molecule has 0 fully saturated rings. The molecule has 0 spiro atoms. The molecule has 5 nitrogen and oxygen atoms in total. The van der Waals surface area contributed by atoms with Gasteiger partial charge in [0.25, 0.3) is 5.91 Å². The zero-order chi connectivity index (χ0) is 21.9. The van der Waals surface area contributed by atoms with Crippen LogP contribution < -0.4 is 10.6 Å². The maximum Gasteiger partial charge on any atom is 0.328 e. The number of methoxy groups -OCH3 is 1. The van der Waals surface area contributed by atoms with Gasteiger partial charge in [0.1, 0.15) is 6.04 Å². The van der Waals surface area contributed by atoms with Crippen molar-refractivity contribution >= 4 is 42.0 Å². The lowest BCUT2D eigenvalue weighted by molar-refractivity contribution is -0.142. The highest BCUT2D eigenvalue weighted by molar-refractivity contribution is 7.98. The van der Waals surface area contributed by atoms with Crippen molar-refractivity contribution in [3.8, 4) is 11.1 Å². The second-order valence-electron chi connectivity index (χ2n) is 7.13. The predicted molar refractivity (Wildman–Crippen MR) is 130 cm³/mol. The van der Waals surface area contributed by atoms with E-state index in [1.54, 1.807) is 17.8 Å². The summed E-state index contributed by atoms with van der Waals surface area (Å²) in [5.41, 5.74) is 3.20. The van der Waals surface area contributed by atoms with E-state index >= 15 is 0 Å². The molecule has 2 atom stereocenters. The monoisotopic (exact) mass is 446 g/mol. The van der Waals surface area contributed by atoms with E-state index in [0.717, 1.165) is 34.9 Å². The summed E-state index contributed by atoms with van der Waals surface area (Å²) in [6.07, 6.45) is 2.48. The van der Waals surface area contributed by atoms with E-state index in [9.17, 15) is 9.59 Å². The third-order valence-corrected chi connectivity index (χ3v) is 5.98. The van der Waals surface area contributed by atoms with Crippen LogP contribution in [0.4, 0.5) is 5.69 Å². The van der Waals surface area contributed by atoms with Crippen molar-refractivity contribution in [1.29, 1.82) is 0 Å². The Bertz CT molecular complexity index is 830. The van der Waals surface area contributed by atoms with Crippen LogP contribution in [0.2, 0.25) is 0 Å². The van der Waals surface area contributed by atoms with Crippen molar-refractivity contribution in [1.82, 2.24) is 5.32 Å². The number of carbonyl (C=O) groups excluding carboxylic acids is 2. The highest BCUT2D eigenvalue weighted by Crippen LogP contribution is 2.27. The van der Waals surface area contributed by atoms with E-state index in [4.69, 9.17) is 4.74 Å². The van der Waals surface area contributed by atoms with E-state index in [-0.39, 0.29) is 5.91 Å². The van der Waals surface area contributed by atoms with Gasteiger partial charge < -0.3 is 15.4 Å². The molecule has 0 aliphatic rings. The molecule has 2 N–H and O–H groups in total. The molecule has 0 unspecified atom stereocenters. The van der Waals surface area contributed by atoms with Gasteiger partial charge in [0.2, 0.25) is 0 Å². The Hall–Kier alpha value is -2.12. The average Bonchev–Trinajstić information content (AvgIpc) is 2.79. The van der Waals surface area contributed by atoms with E-state index < -0.39 is 12.0 Å². The maximum atomic E-state index is 13.1. The molecular formula is C23H30N2O3S2. The van der Waals surface area contributed by atoms with Crippen LogP contribution in [0.25, 0.3) is 11.1 Å².